The predicted molar refractivity (Wildman–Crippen MR) is 70.5 cm³/mol. The Morgan fingerprint density at radius 2 is 2.17 bits per heavy atom. The van der Waals surface area contributed by atoms with E-state index >= 15 is 0 Å². The fraction of sp³-hybridized carbons (Fsp3) is 0.182. The second-order valence-electron chi connectivity index (χ2n) is 3.70. The normalized spacial score (nSPS) is 10.9. The highest BCUT2D eigenvalue weighted by Gasteiger charge is 2.04. The van der Waals surface area contributed by atoms with Gasteiger partial charge in [0.05, 0.1) is 10.2 Å². The zero-order valence-corrected chi connectivity index (χ0v) is 10.3. The zero-order valence-electron chi connectivity index (χ0n) is 9.46. The number of thiazole rings is 1. The molecule has 0 radical (unpaired) electrons. The smallest absolute Gasteiger partial charge is 0.312 e. The first-order valence-corrected chi connectivity index (χ1v) is 6.30. The van der Waals surface area contributed by atoms with Crippen molar-refractivity contribution in [1.29, 1.82) is 0 Å². The van der Waals surface area contributed by atoms with Crippen LogP contribution in [0.4, 0.5) is 11.1 Å². The quantitative estimate of drug-likeness (QED) is 0.745. The maximum absolute atomic E-state index is 5.34. The second-order valence-corrected chi connectivity index (χ2v) is 4.73. The van der Waals surface area contributed by atoms with Crippen LogP contribution in [0.5, 0.6) is 0 Å². The van der Waals surface area contributed by atoms with Crippen LogP contribution in [0.2, 0.25) is 0 Å². The molecule has 3 aromatic rings. The molecule has 3 rings (SSSR count). The van der Waals surface area contributed by atoms with Gasteiger partial charge in [-0.15, -0.1) is 5.10 Å². The first kappa shape index (κ1) is 11.0. The van der Waals surface area contributed by atoms with Crippen molar-refractivity contribution in [3.05, 3.63) is 30.2 Å². The van der Waals surface area contributed by atoms with Gasteiger partial charge in [0.2, 0.25) is 5.89 Å². The fourth-order valence-electron chi connectivity index (χ4n) is 1.59. The second kappa shape index (κ2) is 4.61. The summed E-state index contributed by atoms with van der Waals surface area (Å²) in [5.74, 6) is 0.529. The molecule has 0 atom stereocenters. The van der Waals surface area contributed by atoms with Gasteiger partial charge in [0.15, 0.2) is 5.13 Å². The number of nitrogens with two attached hydrogens (primary N) is 1. The summed E-state index contributed by atoms with van der Waals surface area (Å²) < 4.78 is 6.25. The number of nitrogens with zero attached hydrogens (tertiary/aromatic N) is 3. The van der Waals surface area contributed by atoms with Crippen molar-refractivity contribution < 1.29 is 4.42 Å². The van der Waals surface area contributed by atoms with Crippen molar-refractivity contribution in [3.8, 4) is 0 Å². The SMILES string of the molecule is Nc1nnc(CCNc2nc3ccccc3s2)o1. The van der Waals surface area contributed by atoms with Crippen LogP contribution in [0, 0.1) is 0 Å². The van der Waals surface area contributed by atoms with Crippen LogP contribution in [0.15, 0.2) is 28.7 Å². The molecule has 0 aliphatic carbocycles. The number of nitrogens with one attached hydrogen (secondary N) is 1. The first-order chi connectivity index (χ1) is 8.81. The Morgan fingerprint density at radius 1 is 1.28 bits per heavy atom. The van der Waals surface area contributed by atoms with Gasteiger partial charge in [0, 0.05) is 13.0 Å². The van der Waals surface area contributed by atoms with E-state index in [0.29, 0.717) is 18.9 Å². The van der Waals surface area contributed by atoms with E-state index in [0.717, 1.165) is 10.6 Å². The highest BCUT2D eigenvalue weighted by atomic mass is 32.1. The molecule has 0 spiro atoms. The molecule has 0 saturated carbocycles. The number of benzene rings is 1. The van der Waals surface area contributed by atoms with Crippen LogP contribution in [-0.4, -0.2) is 21.7 Å². The lowest BCUT2D eigenvalue weighted by molar-refractivity contribution is 0.513. The lowest BCUT2D eigenvalue weighted by atomic mass is 10.3. The minimum atomic E-state index is 0.102. The average Bonchev–Trinajstić information content (AvgIpc) is 2.95. The van der Waals surface area contributed by atoms with Gasteiger partial charge in [-0.1, -0.05) is 28.6 Å². The number of anilines is 2. The van der Waals surface area contributed by atoms with Crippen molar-refractivity contribution in [2.75, 3.05) is 17.6 Å². The third-order valence-electron chi connectivity index (χ3n) is 2.39. The number of hydrogen-bond acceptors (Lipinski definition) is 7. The van der Waals surface area contributed by atoms with E-state index in [1.807, 2.05) is 18.2 Å². The van der Waals surface area contributed by atoms with Crippen LogP contribution >= 0.6 is 11.3 Å². The number of fused-ring (bicyclic) bond motifs is 1. The monoisotopic (exact) mass is 261 g/mol. The minimum Gasteiger partial charge on any atom is -0.408 e. The molecule has 6 nitrogen and oxygen atoms in total. The molecule has 0 unspecified atom stereocenters. The molecule has 2 aromatic heterocycles. The number of aromatic nitrogens is 3. The van der Waals surface area contributed by atoms with E-state index < -0.39 is 0 Å². The highest BCUT2D eigenvalue weighted by molar-refractivity contribution is 7.22. The van der Waals surface area contributed by atoms with Crippen LogP contribution < -0.4 is 11.1 Å². The maximum Gasteiger partial charge on any atom is 0.312 e. The van der Waals surface area contributed by atoms with Gasteiger partial charge in [-0.05, 0) is 12.1 Å². The highest BCUT2D eigenvalue weighted by Crippen LogP contribution is 2.25. The van der Waals surface area contributed by atoms with Crippen LogP contribution in [0.25, 0.3) is 10.2 Å². The Balaban J connectivity index is 1.62. The van der Waals surface area contributed by atoms with Crippen molar-refractivity contribution in [2.24, 2.45) is 0 Å². The molecule has 18 heavy (non-hydrogen) atoms. The summed E-state index contributed by atoms with van der Waals surface area (Å²) in [5, 5.41) is 11.5. The summed E-state index contributed by atoms with van der Waals surface area (Å²) in [6, 6.07) is 8.13. The van der Waals surface area contributed by atoms with E-state index in [1.165, 1.54) is 4.70 Å². The maximum atomic E-state index is 5.34. The molecule has 1 aromatic carbocycles. The van der Waals surface area contributed by atoms with Gasteiger partial charge in [-0.25, -0.2) is 4.98 Å². The van der Waals surface area contributed by atoms with Gasteiger partial charge < -0.3 is 15.5 Å². The van der Waals surface area contributed by atoms with Gasteiger partial charge >= 0.3 is 6.01 Å². The zero-order chi connectivity index (χ0) is 12.4. The van der Waals surface area contributed by atoms with Crippen molar-refractivity contribution in [2.45, 2.75) is 6.42 Å². The molecule has 0 bridgehead atoms. The molecule has 3 N–H and O–H groups in total. The summed E-state index contributed by atoms with van der Waals surface area (Å²) >= 11 is 1.62. The van der Waals surface area contributed by atoms with Crippen LogP contribution in [0.3, 0.4) is 0 Å². The van der Waals surface area contributed by atoms with E-state index in [2.05, 4.69) is 26.6 Å². The number of para-hydroxylation sites is 1. The molecule has 92 valence electrons. The number of hydrogen-bond donors (Lipinski definition) is 2. The van der Waals surface area contributed by atoms with Crippen molar-refractivity contribution in [3.63, 3.8) is 0 Å². The largest absolute Gasteiger partial charge is 0.408 e. The topological polar surface area (TPSA) is 89.9 Å². The Hall–Kier alpha value is -2.15. The molecule has 0 fully saturated rings. The minimum absolute atomic E-state index is 0.102. The van der Waals surface area contributed by atoms with Crippen molar-refractivity contribution in [1.82, 2.24) is 15.2 Å². The fourth-order valence-corrected chi connectivity index (χ4v) is 2.48. The molecule has 0 saturated heterocycles. The van der Waals surface area contributed by atoms with Crippen molar-refractivity contribution >= 4 is 32.7 Å². The van der Waals surface area contributed by atoms with E-state index in [9.17, 15) is 0 Å². The van der Waals surface area contributed by atoms with E-state index in [1.54, 1.807) is 11.3 Å². The standard InChI is InChI=1S/C11H11N5OS/c12-10-16-15-9(17-10)5-6-13-11-14-7-3-1-2-4-8(7)18-11/h1-4H,5-6H2,(H2,12,16)(H,13,14). The molecule has 2 heterocycles. The number of rotatable bonds is 4. The van der Waals surface area contributed by atoms with E-state index in [-0.39, 0.29) is 6.01 Å². The Labute approximate surface area is 107 Å². The van der Waals surface area contributed by atoms with Gasteiger partial charge in [0.25, 0.3) is 0 Å². The third kappa shape index (κ3) is 2.25. The lowest BCUT2D eigenvalue weighted by Gasteiger charge is -1.97. The molecule has 0 amide bonds. The van der Waals surface area contributed by atoms with Crippen LogP contribution in [-0.2, 0) is 6.42 Å². The van der Waals surface area contributed by atoms with Gasteiger partial charge in [-0.2, -0.15) is 0 Å². The Kier molecular flexibility index (Phi) is 2.81. The summed E-state index contributed by atoms with van der Waals surface area (Å²) in [5.41, 5.74) is 6.35. The van der Waals surface area contributed by atoms with Crippen LogP contribution in [0.1, 0.15) is 5.89 Å². The molecule has 7 heteroatoms. The summed E-state index contributed by atoms with van der Waals surface area (Å²) in [6.45, 7) is 0.682. The summed E-state index contributed by atoms with van der Waals surface area (Å²) in [6.07, 6.45) is 0.625. The van der Waals surface area contributed by atoms with Gasteiger partial charge in [-0.3, -0.25) is 0 Å². The Bertz CT molecular complexity index is 629. The Morgan fingerprint density at radius 3 is 2.94 bits per heavy atom. The first-order valence-electron chi connectivity index (χ1n) is 5.48. The molecule has 0 aliphatic heterocycles. The number of nitrogen functional groups attached to an aromatic ring is 1. The summed E-state index contributed by atoms with van der Waals surface area (Å²) in [4.78, 5) is 4.47. The summed E-state index contributed by atoms with van der Waals surface area (Å²) in [7, 11) is 0. The molecular weight excluding hydrogens is 250 g/mol. The lowest BCUT2D eigenvalue weighted by Crippen LogP contribution is -2.04. The van der Waals surface area contributed by atoms with E-state index in [4.69, 9.17) is 10.2 Å². The predicted octanol–water partition coefficient (Wildman–Crippen LogP) is 1.92. The molecule has 0 aliphatic rings. The van der Waals surface area contributed by atoms with Gasteiger partial charge in [0.1, 0.15) is 0 Å². The average molecular weight is 261 g/mol. The molecular formula is C11H11N5OS. The third-order valence-corrected chi connectivity index (χ3v) is 3.39.